The molecular weight excluding hydrogens is 268 g/mol. The van der Waals surface area contributed by atoms with Gasteiger partial charge in [0.05, 0.1) is 0 Å². The van der Waals surface area contributed by atoms with E-state index in [9.17, 15) is 4.79 Å². The molecule has 1 rings (SSSR count). The van der Waals surface area contributed by atoms with E-state index in [2.05, 4.69) is 0 Å². The average Bonchev–Trinajstić information content (AvgIpc) is 2.25. The second-order valence-electron chi connectivity index (χ2n) is 3.30. The highest BCUT2D eigenvalue weighted by Crippen LogP contribution is 2.29. The van der Waals surface area contributed by atoms with Crippen molar-refractivity contribution in [2.45, 2.75) is 17.3 Å². The van der Waals surface area contributed by atoms with Crippen LogP contribution in [0.25, 0.3) is 0 Å². The van der Waals surface area contributed by atoms with Crippen molar-refractivity contribution < 1.29 is 4.79 Å². The lowest BCUT2D eigenvalue weighted by molar-refractivity contribution is -0.130. The number of nitrogens with zero attached hydrogens (tertiary/aromatic N) is 1. The first-order valence-electron chi connectivity index (χ1n) is 4.85. The summed E-state index contributed by atoms with van der Waals surface area (Å²) in [6.07, 6.45) is 0. The van der Waals surface area contributed by atoms with Gasteiger partial charge in [0.25, 0.3) is 9.70 Å². The first-order chi connectivity index (χ1) is 7.45. The van der Waals surface area contributed by atoms with Crippen molar-refractivity contribution in [1.82, 2.24) is 4.90 Å². The molecule has 16 heavy (non-hydrogen) atoms. The molecule has 5 heteroatoms. The number of halogens is 3. The third kappa shape index (κ3) is 3.85. The number of hydrogen-bond acceptors (Lipinski definition) is 1. The van der Waals surface area contributed by atoms with E-state index in [1.54, 1.807) is 0 Å². The number of amides is 1. The highest BCUT2D eigenvalue weighted by molar-refractivity contribution is 6.76. The number of hydrogen-bond donors (Lipinski definition) is 0. The lowest BCUT2D eigenvalue weighted by atomic mass is 10.2. The van der Waals surface area contributed by atoms with Gasteiger partial charge in [-0.15, -0.1) is 0 Å². The van der Waals surface area contributed by atoms with E-state index in [0.29, 0.717) is 13.1 Å². The molecule has 0 radical (unpaired) electrons. The molecule has 0 unspecified atom stereocenters. The van der Waals surface area contributed by atoms with Crippen molar-refractivity contribution >= 4 is 40.7 Å². The van der Waals surface area contributed by atoms with Gasteiger partial charge in [0, 0.05) is 13.1 Å². The molecule has 1 amide bonds. The van der Waals surface area contributed by atoms with Crippen LogP contribution in [0.3, 0.4) is 0 Å². The van der Waals surface area contributed by atoms with Gasteiger partial charge >= 0.3 is 0 Å². The van der Waals surface area contributed by atoms with Crippen molar-refractivity contribution in [3.8, 4) is 0 Å². The van der Waals surface area contributed by atoms with E-state index in [1.165, 1.54) is 4.90 Å². The maximum atomic E-state index is 11.7. The maximum absolute atomic E-state index is 11.7. The summed E-state index contributed by atoms with van der Waals surface area (Å²) < 4.78 is -1.88. The largest absolute Gasteiger partial charge is 0.335 e. The van der Waals surface area contributed by atoms with E-state index in [1.807, 2.05) is 37.3 Å². The molecule has 0 saturated heterocycles. The normalized spacial score (nSPS) is 11.2. The first kappa shape index (κ1) is 13.6. The van der Waals surface area contributed by atoms with Gasteiger partial charge in [-0.05, 0) is 12.5 Å². The molecule has 0 aromatic heterocycles. The molecule has 0 aliphatic heterocycles. The first-order valence-corrected chi connectivity index (χ1v) is 5.98. The summed E-state index contributed by atoms with van der Waals surface area (Å²) in [5, 5.41) is 0. The summed E-state index contributed by atoms with van der Waals surface area (Å²) in [4.78, 5) is 13.2. The zero-order valence-electron chi connectivity index (χ0n) is 8.79. The molecule has 0 aliphatic carbocycles. The fraction of sp³-hybridized carbons (Fsp3) is 0.364. The van der Waals surface area contributed by atoms with E-state index in [4.69, 9.17) is 34.8 Å². The van der Waals surface area contributed by atoms with Gasteiger partial charge in [0.15, 0.2) is 0 Å². The zero-order chi connectivity index (χ0) is 12.2. The Hall–Kier alpha value is -0.440. The summed E-state index contributed by atoms with van der Waals surface area (Å²) >= 11 is 16.7. The zero-order valence-corrected chi connectivity index (χ0v) is 11.1. The lowest BCUT2D eigenvalue weighted by Gasteiger charge is -2.24. The lowest BCUT2D eigenvalue weighted by Crippen LogP contribution is -2.38. The minimum absolute atomic E-state index is 0.448. The fourth-order valence-corrected chi connectivity index (χ4v) is 1.67. The van der Waals surface area contributed by atoms with Crippen LogP contribution in [-0.4, -0.2) is 21.1 Å². The van der Waals surface area contributed by atoms with Gasteiger partial charge in [0.2, 0.25) is 0 Å². The molecule has 0 heterocycles. The Bertz CT molecular complexity index is 348. The highest BCUT2D eigenvalue weighted by Gasteiger charge is 2.34. The van der Waals surface area contributed by atoms with Crippen molar-refractivity contribution in [3.63, 3.8) is 0 Å². The Kier molecular flexibility index (Phi) is 4.90. The van der Waals surface area contributed by atoms with Crippen LogP contribution in [0.2, 0.25) is 0 Å². The number of carbonyl (C=O) groups is 1. The number of benzene rings is 1. The van der Waals surface area contributed by atoms with Gasteiger partial charge in [-0.25, -0.2) is 0 Å². The van der Waals surface area contributed by atoms with Crippen LogP contribution >= 0.6 is 34.8 Å². The third-order valence-electron chi connectivity index (χ3n) is 2.13. The predicted molar refractivity (Wildman–Crippen MR) is 67.8 cm³/mol. The molecule has 0 spiro atoms. The topological polar surface area (TPSA) is 20.3 Å². The van der Waals surface area contributed by atoms with Crippen LogP contribution in [0.1, 0.15) is 12.5 Å². The van der Waals surface area contributed by atoms with Crippen LogP contribution in [-0.2, 0) is 11.3 Å². The standard InChI is InChI=1S/C11H12Cl3NO/c1-2-15(10(16)11(12,13)14)8-9-6-4-3-5-7-9/h3-7H,2,8H2,1H3. The van der Waals surface area contributed by atoms with Crippen LogP contribution < -0.4 is 0 Å². The van der Waals surface area contributed by atoms with Gasteiger partial charge in [0.1, 0.15) is 0 Å². The average molecular weight is 281 g/mol. The number of carbonyl (C=O) groups excluding carboxylic acids is 1. The molecule has 0 N–H and O–H groups in total. The quantitative estimate of drug-likeness (QED) is 0.777. The van der Waals surface area contributed by atoms with Gasteiger partial charge in [-0.2, -0.15) is 0 Å². The Labute approximate surface area is 110 Å². The highest BCUT2D eigenvalue weighted by atomic mass is 35.6. The Balaban J connectivity index is 2.74. The summed E-state index contributed by atoms with van der Waals surface area (Å²) in [7, 11) is 0. The smallest absolute Gasteiger partial charge is 0.275 e. The van der Waals surface area contributed by atoms with E-state index >= 15 is 0 Å². The number of alkyl halides is 3. The molecule has 1 aromatic rings. The van der Waals surface area contributed by atoms with Gasteiger partial charge < -0.3 is 4.90 Å². The van der Waals surface area contributed by atoms with E-state index < -0.39 is 9.70 Å². The SMILES string of the molecule is CCN(Cc1ccccc1)C(=O)C(Cl)(Cl)Cl. The molecule has 0 atom stereocenters. The van der Waals surface area contributed by atoms with E-state index in [-0.39, 0.29) is 0 Å². The monoisotopic (exact) mass is 279 g/mol. The van der Waals surface area contributed by atoms with Crippen molar-refractivity contribution in [1.29, 1.82) is 0 Å². The molecule has 0 aliphatic rings. The van der Waals surface area contributed by atoms with Gasteiger partial charge in [-0.1, -0.05) is 65.1 Å². The van der Waals surface area contributed by atoms with Gasteiger partial charge in [-0.3, -0.25) is 4.79 Å². The maximum Gasteiger partial charge on any atom is 0.275 e. The molecule has 0 fully saturated rings. The fourth-order valence-electron chi connectivity index (χ4n) is 1.31. The Morgan fingerprint density at radius 2 is 1.81 bits per heavy atom. The Morgan fingerprint density at radius 1 is 1.25 bits per heavy atom. The van der Waals surface area contributed by atoms with Crippen molar-refractivity contribution in [2.24, 2.45) is 0 Å². The number of rotatable bonds is 3. The van der Waals surface area contributed by atoms with Crippen molar-refractivity contribution in [3.05, 3.63) is 35.9 Å². The van der Waals surface area contributed by atoms with Crippen LogP contribution in [0.4, 0.5) is 0 Å². The summed E-state index contributed by atoms with van der Waals surface area (Å²) in [6.45, 7) is 2.79. The van der Waals surface area contributed by atoms with Crippen molar-refractivity contribution in [2.75, 3.05) is 6.54 Å². The Morgan fingerprint density at radius 3 is 2.25 bits per heavy atom. The van der Waals surface area contributed by atoms with Crippen LogP contribution in [0, 0.1) is 0 Å². The second kappa shape index (κ2) is 5.76. The van der Waals surface area contributed by atoms with Crippen LogP contribution in [0.5, 0.6) is 0 Å². The second-order valence-corrected chi connectivity index (χ2v) is 5.58. The minimum atomic E-state index is -1.88. The summed E-state index contributed by atoms with van der Waals surface area (Å²) in [6, 6.07) is 9.57. The molecule has 0 bridgehead atoms. The summed E-state index contributed by atoms with van der Waals surface area (Å²) in [5.74, 6) is -0.496. The third-order valence-corrected chi connectivity index (χ3v) is 2.61. The molecule has 88 valence electrons. The van der Waals surface area contributed by atoms with Crippen LogP contribution in [0.15, 0.2) is 30.3 Å². The molecular formula is C11H12Cl3NO. The predicted octanol–water partition coefficient (Wildman–Crippen LogP) is 3.41. The summed E-state index contributed by atoms with van der Waals surface area (Å²) in [5.41, 5.74) is 1.01. The molecule has 0 saturated carbocycles. The van der Waals surface area contributed by atoms with E-state index in [0.717, 1.165) is 5.56 Å². The molecule has 1 aromatic carbocycles. The molecule has 2 nitrogen and oxygen atoms in total. The minimum Gasteiger partial charge on any atom is -0.335 e.